The Kier molecular flexibility index (Phi) is 7.79. The van der Waals surface area contributed by atoms with Crippen molar-refractivity contribution in [2.75, 3.05) is 17.6 Å². The van der Waals surface area contributed by atoms with E-state index in [1.807, 2.05) is 36.4 Å². The van der Waals surface area contributed by atoms with Crippen LogP contribution in [0.3, 0.4) is 0 Å². The molecule has 0 bridgehead atoms. The molecule has 0 aliphatic heterocycles. The highest BCUT2D eigenvalue weighted by Gasteiger charge is 2.23. The SMILES string of the molecule is O=C(O)C[C@H](NC(=O)CS)C(=O)NCC(=O)Nc1ccc(-c2nc3ccccc3s2)cc1. The van der Waals surface area contributed by atoms with Crippen LogP contribution in [0.2, 0.25) is 0 Å². The lowest BCUT2D eigenvalue weighted by Crippen LogP contribution is -2.49. The molecule has 0 aliphatic carbocycles. The lowest BCUT2D eigenvalue weighted by atomic mass is 10.2. The highest BCUT2D eigenvalue weighted by Crippen LogP contribution is 2.30. The van der Waals surface area contributed by atoms with Crippen molar-refractivity contribution in [3.05, 3.63) is 48.5 Å². The quantitative estimate of drug-likeness (QED) is 0.302. The van der Waals surface area contributed by atoms with Crippen LogP contribution in [-0.2, 0) is 19.2 Å². The highest BCUT2D eigenvalue weighted by atomic mass is 32.1. The first-order valence-electron chi connectivity index (χ1n) is 9.51. The summed E-state index contributed by atoms with van der Waals surface area (Å²) in [5.41, 5.74) is 2.36. The van der Waals surface area contributed by atoms with Crippen LogP contribution < -0.4 is 16.0 Å². The van der Waals surface area contributed by atoms with E-state index >= 15 is 0 Å². The predicted octanol–water partition coefficient (Wildman–Crippen LogP) is 1.91. The molecule has 1 atom stereocenters. The van der Waals surface area contributed by atoms with Gasteiger partial charge in [-0.15, -0.1) is 11.3 Å². The van der Waals surface area contributed by atoms with Gasteiger partial charge < -0.3 is 21.1 Å². The third kappa shape index (κ3) is 6.28. The maximum absolute atomic E-state index is 12.2. The maximum Gasteiger partial charge on any atom is 0.305 e. The number of carboxylic acids is 1. The maximum atomic E-state index is 12.2. The number of para-hydroxylation sites is 1. The largest absolute Gasteiger partial charge is 0.481 e. The Bertz CT molecular complexity index is 1110. The van der Waals surface area contributed by atoms with Gasteiger partial charge in [-0.1, -0.05) is 12.1 Å². The van der Waals surface area contributed by atoms with Crippen molar-refractivity contribution in [2.24, 2.45) is 0 Å². The molecule has 1 heterocycles. The minimum atomic E-state index is -1.30. The van der Waals surface area contributed by atoms with E-state index in [0.29, 0.717) is 5.69 Å². The van der Waals surface area contributed by atoms with Crippen molar-refractivity contribution in [2.45, 2.75) is 12.5 Å². The van der Waals surface area contributed by atoms with Crippen molar-refractivity contribution >= 4 is 63.6 Å². The van der Waals surface area contributed by atoms with Crippen molar-refractivity contribution in [3.63, 3.8) is 0 Å². The summed E-state index contributed by atoms with van der Waals surface area (Å²) in [5.74, 6) is -3.32. The second-order valence-corrected chi connectivity index (χ2v) is 8.05. The first-order valence-corrected chi connectivity index (χ1v) is 11.0. The number of aliphatic carboxylic acids is 1. The van der Waals surface area contributed by atoms with Gasteiger partial charge in [0, 0.05) is 11.3 Å². The normalized spacial score (nSPS) is 11.5. The van der Waals surface area contributed by atoms with Crippen molar-refractivity contribution in [3.8, 4) is 10.6 Å². The second kappa shape index (κ2) is 10.7. The molecular formula is C21H20N4O5S2. The van der Waals surface area contributed by atoms with Crippen molar-refractivity contribution < 1.29 is 24.3 Å². The van der Waals surface area contributed by atoms with Crippen LogP contribution in [-0.4, -0.2) is 52.1 Å². The monoisotopic (exact) mass is 472 g/mol. The van der Waals surface area contributed by atoms with E-state index in [-0.39, 0.29) is 12.3 Å². The van der Waals surface area contributed by atoms with E-state index in [0.717, 1.165) is 20.8 Å². The molecule has 0 fully saturated rings. The van der Waals surface area contributed by atoms with Crippen molar-refractivity contribution in [1.29, 1.82) is 0 Å². The van der Waals surface area contributed by atoms with E-state index in [9.17, 15) is 19.2 Å². The average Bonchev–Trinajstić information content (AvgIpc) is 3.21. The smallest absolute Gasteiger partial charge is 0.305 e. The molecule has 1 aromatic heterocycles. The minimum Gasteiger partial charge on any atom is -0.481 e. The molecule has 9 nitrogen and oxygen atoms in total. The van der Waals surface area contributed by atoms with Gasteiger partial charge >= 0.3 is 5.97 Å². The van der Waals surface area contributed by atoms with Gasteiger partial charge in [0.2, 0.25) is 17.7 Å². The summed E-state index contributed by atoms with van der Waals surface area (Å²) in [6.07, 6.45) is -0.611. The molecule has 3 rings (SSSR count). The number of aromatic nitrogens is 1. The Morgan fingerprint density at radius 2 is 1.75 bits per heavy atom. The number of fused-ring (bicyclic) bond motifs is 1. The average molecular weight is 473 g/mol. The minimum absolute atomic E-state index is 0.198. The Balaban J connectivity index is 1.55. The fraction of sp³-hybridized carbons (Fsp3) is 0.190. The molecule has 3 aromatic rings. The molecule has 0 radical (unpaired) electrons. The van der Waals surface area contributed by atoms with Gasteiger partial charge in [-0.3, -0.25) is 19.2 Å². The zero-order valence-corrected chi connectivity index (χ0v) is 18.4. The molecular weight excluding hydrogens is 452 g/mol. The Hall–Kier alpha value is -3.44. The van der Waals surface area contributed by atoms with Gasteiger partial charge in [0.25, 0.3) is 0 Å². The summed E-state index contributed by atoms with van der Waals surface area (Å²) in [7, 11) is 0. The lowest BCUT2D eigenvalue weighted by molar-refractivity contribution is -0.140. The first kappa shape index (κ1) is 23.2. The Morgan fingerprint density at radius 3 is 2.41 bits per heavy atom. The molecule has 3 amide bonds. The molecule has 4 N–H and O–H groups in total. The molecule has 0 saturated heterocycles. The number of carbonyl (C=O) groups excluding carboxylic acids is 3. The topological polar surface area (TPSA) is 137 Å². The number of hydrogen-bond donors (Lipinski definition) is 5. The number of rotatable bonds is 9. The summed E-state index contributed by atoms with van der Waals surface area (Å²) >= 11 is 5.35. The number of benzene rings is 2. The zero-order chi connectivity index (χ0) is 23.1. The lowest BCUT2D eigenvalue weighted by Gasteiger charge is -2.16. The number of hydrogen-bond acceptors (Lipinski definition) is 7. The van der Waals surface area contributed by atoms with E-state index in [1.54, 1.807) is 23.5 Å². The fourth-order valence-corrected chi connectivity index (χ4v) is 3.87. The van der Waals surface area contributed by atoms with E-state index < -0.39 is 36.2 Å². The van der Waals surface area contributed by atoms with Gasteiger partial charge in [-0.25, -0.2) is 4.98 Å². The van der Waals surface area contributed by atoms with Crippen LogP contribution >= 0.6 is 24.0 Å². The van der Waals surface area contributed by atoms with E-state index in [2.05, 4.69) is 33.6 Å². The summed E-state index contributed by atoms with van der Waals surface area (Å²) in [5, 5.41) is 17.0. The van der Waals surface area contributed by atoms with E-state index in [4.69, 9.17) is 5.11 Å². The summed E-state index contributed by atoms with van der Waals surface area (Å²) in [6.45, 7) is -0.384. The summed E-state index contributed by atoms with van der Waals surface area (Å²) < 4.78 is 1.09. The Morgan fingerprint density at radius 1 is 1.03 bits per heavy atom. The molecule has 11 heteroatoms. The number of nitrogens with one attached hydrogen (secondary N) is 3. The van der Waals surface area contributed by atoms with Gasteiger partial charge in [-0.2, -0.15) is 12.6 Å². The number of anilines is 1. The molecule has 0 aliphatic rings. The van der Waals surface area contributed by atoms with Crippen LogP contribution in [0.1, 0.15) is 6.42 Å². The molecule has 2 aromatic carbocycles. The van der Waals surface area contributed by atoms with Gasteiger partial charge in [0.15, 0.2) is 0 Å². The standard InChI is InChI=1S/C21H20N4O5S2/c26-17(10-22-20(30)15(9-19(28)29)24-18(27)11-31)23-13-7-5-12(6-8-13)21-25-14-3-1-2-4-16(14)32-21/h1-8,15,31H,9-11H2,(H,22,30)(H,23,26)(H,24,27)(H,28,29)/t15-/m0/s1. The predicted molar refractivity (Wildman–Crippen MR) is 125 cm³/mol. The summed E-state index contributed by atoms with van der Waals surface area (Å²) in [6, 6.07) is 13.7. The van der Waals surface area contributed by atoms with Crippen LogP contribution in [0.15, 0.2) is 48.5 Å². The van der Waals surface area contributed by atoms with Crippen LogP contribution in [0.4, 0.5) is 5.69 Å². The van der Waals surface area contributed by atoms with Crippen LogP contribution in [0, 0.1) is 0 Å². The van der Waals surface area contributed by atoms with Gasteiger partial charge in [0.1, 0.15) is 11.0 Å². The van der Waals surface area contributed by atoms with Crippen LogP contribution in [0.5, 0.6) is 0 Å². The molecule has 0 spiro atoms. The molecule has 0 saturated carbocycles. The number of carbonyl (C=O) groups is 4. The highest BCUT2D eigenvalue weighted by molar-refractivity contribution is 7.81. The number of nitrogens with zero attached hydrogens (tertiary/aromatic N) is 1. The number of thiazole rings is 1. The number of amides is 3. The summed E-state index contributed by atoms with van der Waals surface area (Å²) in [4.78, 5) is 51.3. The molecule has 0 unspecified atom stereocenters. The molecule has 32 heavy (non-hydrogen) atoms. The van der Waals surface area contributed by atoms with Gasteiger partial charge in [-0.05, 0) is 36.4 Å². The fourth-order valence-electron chi connectivity index (χ4n) is 2.81. The van der Waals surface area contributed by atoms with Gasteiger partial charge in [0.05, 0.1) is 28.9 Å². The second-order valence-electron chi connectivity index (χ2n) is 6.71. The Labute approximate surface area is 192 Å². The van der Waals surface area contributed by atoms with Crippen LogP contribution in [0.25, 0.3) is 20.8 Å². The number of thiol groups is 1. The zero-order valence-electron chi connectivity index (χ0n) is 16.7. The van der Waals surface area contributed by atoms with Crippen molar-refractivity contribution in [1.82, 2.24) is 15.6 Å². The van der Waals surface area contributed by atoms with E-state index in [1.165, 1.54) is 0 Å². The third-order valence-corrected chi connectivity index (χ3v) is 5.68. The third-order valence-electron chi connectivity index (χ3n) is 4.31. The first-order chi connectivity index (χ1) is 15.4. The number of carboxylic acid groups (broad SMARTS) is 1. The molecule has 166 valence electrons.